The molecule has 2 aromatic carbocycles. The van der Waals surface area contributed by atoms with Gasteiger partial charge in [-0.3, -0.25) is 0 Å². The molecule has 0 aromatic heterocycles. The maximum Gasteiger partial charge on any atom is 0.148 e. The van der Waals surface area contributed by atoms with Crippen LogP contribution in [0, 0.1) is 19.3 Å². The van der Waals surface area contributed by atoms with Crippen LogP contribution in [0.15, 0.2) is 40.9 Å². The van der Waals surface area contributed by atoms with Crippen LogP contribution in [0.3, 0.4) is 0 Å². The van der Waals surface area contributed by atoms with Crippen molar-refractivity contribution in [3.8, 4) is 18.1 Å². The van der Waals surface area contributed by atoms with E-state index in [2.05, 4.69) is 27.2 Å². The van der Waals surface area contributed by atoms with Gasteiger partial charge < -0.3 is 10.1 Å². The molecule has 2 nitrogen and oxygen atoms in total. The molecule has 0 unspecified atom stereocenters. The standard InChI is InChI=1S/C17H15BrClNO/c1-3-8-21-17-7-5-14(18)9-13(17)11-20-16-10-15(19)6-4-12(16)2/h1,4-7,9-10,20H,8,11H2,2H3. The van der Waals surface area contributed by atoms with Gasteiger partial charge in [-0.15, -0.1) is 6.42 Å². The van der Waals surface area contributed by atoms with E-state index < -0.39 is 0 Å². The Morgan fingerprint density at radius 3 is 2.86 bits per heavy atom. The van der Waals surface area contributed by atoms with Crippen LogP contribution in [0.2, 0.25) is 5.02 Å². The number of hydrogen-bond acceptors (Lipinski definition) is 2. The van der Waals surface area contributed by atoms with Crippen LogP contribution in [0.4, 0.5) is 5.69 Å². The summed E-state index contributed by atoms with van der Waals surface area (Å²) >= 11 is 9.50. The Morgan fingerprint density at radius 1 is 1.29 bits per heavy atom. The number of ether oxygens (including phenoxy) is 1. The molecule has 0 radical (unpaired) electrons. The summed E-state index contributed by atoms with van der Waals surface area (Å²) in [4.78, 5) is 0. The molecular weight excluding hydrogens is 350 g/mol. The summed E-state index contributed by atoms with van der Waals surface area (Å²) in [5.74, 6) is 3.26. The Labute approximate surface area is 138 Å². The van der Waals surface area contributed by atoms with Crippen LogP contribution in [-0.2, 0) is 6.54 Å². The van der Waals surface area contributed by atoms with Gasteiger partial charge in [-0.25, -0.2) is 0 Å². The van der Waals surface area contributed by atoms with Gasteiger partial charge in [0.2, 0.25) is 0 Å². The molecule has 2 rings (SSSR count). The molecule has 0 saturated heterocycles. The van der Waals surface area contributed by atoms with Crippen LogP contribution in [0.1, 0.15) is 11.1 Å². The van der Waals surface area contributed by atoms with Gasteiger partial charge in [-0.2, -0.15) is 0 Å². The number of anilines is 1. The minimum Gasteiger partial charge on any atom is -0.481 e. The average molecular weight is 365 g/mol. The van der Waals surface area contributed by atoms with Gasteiger partial charge in [0.25, 0.3) is 0 Å². The maximum atomic E-state index is 6.03. The molecular formula is C17H15BrClNO. The third-order valence-electron chi connectivity index (χ3n) is 3.00. The smallest absolute Gasteiger partial charge is 0.148 e. The number of nitrogens with one attached hydrogen (secondary N) is 1. The average Bonchev–Trinajstić information content (AvgIpc) is 2.47. The van der Waals surface area contributed by atoms with Crippen LogP contribution >= 0.6 is 27.5 Å². The predicted octanol–water partition coefficient (Wildman–Crippen LogP) is 5.04. The molecule has 0 atom stereocenters. The normalized spacial score (nSPS) is 10.0. The Kier molecular flexibility index (Phi) is 5.55. The van der Waals surface area contributed by atoms with Crippen molar-refractivity contribution in [2.75, 3.05) is 11.9 Å². The monoisotopic (exact) mass is 363 g/mol. The summed E-state index contributed by atoms with van der Waals surface area (Å²) < 4.78 is 6.56. The third kappa shape index (κ3) is 4.42. The molecule has 4 heteroatoms. The molecule has 2 aromatic rings. The summed E-state index contributed by atoms with van der Waals surface area (Å²) in [7, 11) is 0. The SMILES string of the molecule is C#CCOc1ccc(Br)cc1CNc1cc(Cl)ccc1C. The van der Waals surface area contributed by atoms with E-state index in [1.807, 2.05) is 43.3 Å². The summed E-state index contributed by atoms with van der Waals surface area (Å²) in [6.45, 7) is 2.92. The van der Waals surface area contributed by atoms with Crippen molar-refractivity contribution in [2.45, 2.75) is 13.5 Å². The third-order valence-corrected chi connectivity index (χ3v) is 3.73. The number of terminal acetylenes is 1. The summed E-state index contributed by atoms with van der Waals surface area (Å²) in [5, 5.41) is 4.09. The van der Waals surface area contributed by atoms with E-state index in [4.69, 9.17) is 22.8 Å². The second-order valence-electron chi connectivity index (χ2n) is 4.56. The van der Waals surface area contributed by atoms with Crippen LogP contribution < -0.4 is 10.1 Å². The number of rotatable bonds is 5. The van der Waals surface area contributed by atoms with E-state index in [0.29, 0.717) is 11.6 Å². The van der Waals surface area contributed by atoms with Crippen molar-refractivity contribution in [3.63, 3.8) is 0 Å². The highest BCUT2D eigenvalue weighted by molar-refractivity contribution is 9.10. The molecule has 0 spiro atoms. The van der Waals surface area contributed by atoms with Gasteiger partial charge in [-0.1, -0.05) is 39.5 Å². The minimum absolute atomic E-state index is 0.255. The molecule has 0 bridgehead atoms. The molecule has 21 heavy (non-hydrogen) atoms. The van der Waals surface area contributed by atoms with E-state index in [1.165, 1.54) is 0 Å². The lowest BCUT2D eigenvalue weighted by molar-refractivity contribution is 0.366. The second kappa shape index (κ2) is 7.40. The van der Waals surface area contributed by atoms with Crippen molar-refractivity contribution in [1.29, 1.82) is 0 Å². The lowest BCUT2D eigenvalue weighted by Crippen LogP contribution is -2.04. The van der Waals surface area contributed by atoms with Crippen molar-refractivity contribution >= 4 is 33.2 Å². The van der Waals surface area contributed by atoms with Crippen molar-refractivity contribution < 1.29 is 4.74 Å². The lowest BCUT2D eigenvalue weighted by atomic mass is 10.1. The van der Waals surface area contributed by atoms with E-state index in [1.54, 1.807) is 0 Å². The van der Waals surface area contributed by atoms with E-state index in [0.717, 1.165) is 27.0 Å². The minimum atomic E-state index is 0.255. The fraction of sp³-hybridized carbons (Fsp3) is 0.176. The van der Waals surface area contributed by atoms with Crippen molar-refractivity contribution in [1.82, 2.24) is 0 Å². The molecule has 0 saturated carbocycles. The molecule has 0 aliphatic rings. The Hall–Kier alpha value is -1.63. The highest BCUT2D eigenvalue weighted by Crippen LogP contribution is 2.26. The number of hydrogen-bond donors (Lipinski definition) is 1. The Balaban J connectivity index is 2.17. The lowest BCUT2D eigenvalue weighted by Gasteiger charge is -2.14. The molecule has 0 fully saturated rings. The zero-order valence-electron chi connectivity index (χ0n) is 11.6. The molecule has 0 amide bonds. The molecule has 1 N–H and O–H groups in total. The second-order valence-corrected chi connectivity index (χ2v) is 5.91. The molecule has 0 heterocycles. The van der Waals surface area contributed by atoms with Crippen molar-refractivity contribution in [2.24, 2.45) is 0 Å². The first-order valence-electron chi connectivity index (χ1n) is 6.45. The van der Waals surface area contributed by atoms with E-state index in [-0.39, 0.29) is 6.61 Å². The predicted molar refractivity (Wildman–Crippen MR) is 92.0 cm³/mol. The quantitative estimate of drug-likeness (QED) is 0.751. The Morgan fingerprint density at radius 2 is 2.10 bits per heavy atom. The zero-order valence-corrected chi connectivity index (χ0v) is 14.0. The zero-order chi connectivity index (χ0) is 15.2. The van der Waals surface area contributed by atoms with E-state index in [9.17, 15) is 0 Å². The summed E-state index contributed by atoms with van der Waals surface area (Å²) in [5.41, 5.74) is 3.17. The van der Waals surface area contributed by atoms with Crippen LogP contribution in [-0.4, -0.2) is 6.61 Å². The van der Waals surface area contributed by atoms with Gasteiger partial charge in [0, 0.05) is 27.3 Å². The number of halogens is 2. The van der Waals surface area contributed by atoms with Gasteiger partial charge in [0.1, 0.15) is 12.4 Å². The largest absolute Gasteiger partial charge is 0.481 e. The van der Waals surface area contributed by atoms with Gasteiger partial charge in [0.05, 0.1) is 0 Å². The first kappa shape index (κ1) is 15.8. The molecule has 0 aliphatic carbocycles. The van der Waals surface area contributed by atoms with Crippen molar-refractivity contribution in [3.05, 3.63) is 57.0 Å². The fourth-order valence-electron chi connectivity index (χ4n) is 1.92. The summed E-state index contributed by atoms with van der Waals surface area (Å²) in [6, 6.07) is 11.6. The van der Waals surface area contributed by atoms with Crippen LogP contribution in [0.25, 0.3) is 0 Å². The first-order chi connectivity index (χ1) is 10.1. The fourth-order valence-corrected chi connectivity index (χ4v) is 2.50. The first-order valence-corrected chi connectivity index (χ1v) is 7.62. The number of benzene rings is 2. The van der Waals surface area contributed by atoms with Gasteiger partial charge in [-0.05, 0) is 42.8 Å². The molecule has 108 valence electrons. The van der Waals surface area contributed by atoms with Gasteiger partial charge >= 0.3 is 0 Å². The topological polar surface area (TPSA) is 21.3 Å². The van der Waals surface area contributed by atoms with Crippen LogP contribution in [0.5, 0.6) is 5.75 Å². The highest BCUT2D eigenvalue weighted by Gasteiger charge is 2.06. The number of aryl methyl sites for hydroxylation is 1. The van der Waals surface area contributed by atoms with E-state index >= 15 is 0 Å². The molecule has 0 aliphatic heterocycles. The maximum absolute atomic E-state index is 6.03. The van der Waals surface area contributed by atoms with Gasteiger partial charge in [0.15, 0.2) is 0 Å². The summed E-state index contributed by atoms with van der Waals surface area (Å²) in [6.07, 6.45) is 5.24. The Bertz CT molecular complexity index is 679. The highest BCUT2D eigenvalue weighted by atomic mass is 79.9.